The molecule has 100 valence electrons. The maximum atomic E-state index is 6.22. The second kappa shape index (κ2) is 5.91. The van der Waals surface area contributed by atoms with Gasteiger partial charge in [-0.15, -0.1) is 0 Å². The molecular weight excluding hydrogens is 246 g/mol. The largest absolute Gasteiger partial charge is 0.376 e. The Balaban J connectivity index is 2.19. The van der Waals surface area contributed by atoms with E-state index in [0.29, 0.717) is 6.04 Å². The molecule has 0 saturated carbocycles. The molecule has 1 N–H and O–H groups in total. The molecule has 0 amide bonds. The van der Waals surface area contributed by atoms with Gasteiger partial charge in [0.05, 0.1) is 10.7 Å². The Labute approximate surface area is 115 Å². The summed E-state index contributed by atoms with van der Waals surface area (Å²) in [7, 11) is 4.06. The summed E-state index contributed by atoms with van der Waals surface area (Å²) in [6.45, 7) is 6.66. The number of hydrogen-bond donors (Lipinski definition) is 1. The van der Waals surface area contributed by atoms with Gasteiger partial charge in [0.25, 0.3) is 0 Å². The van der Waals surface area contributed by atoms with Gasteiger partial charge in [-0.3, -0.25) is 4.90 Å². The molecule has 1 atom stereocenters. The van der Waals surface area contributed by atoms with E-state index in [9.17, 15) is 0 Å². The number of hydrogen-bond acceptors (Lipinski definition) is 3. The van der Waals surface area contributed by atoms with E-state index in [-0.39, 0.29) is 0 Å². The number of nitrogens with one attached hydrogen (secondary N) is 1. The predicted octanol–water partition coefficient (Wildman–Crippen LogP) is 2.37. The molecule has 1 unspecified atom stereocenters. The van der Waals surface area contributed by atoms with Crippen LogP contribution < -0.4 is 10.2 Å². The maximum absolute atomic E-state index is 6.22. The highest BCUT2D eigenvalue weighted by atomic mass is 35.5. The quantitative estimate of drug-likeness (QED) is 0.907. The van der Waals surface area contributed by atoms with Gasteiger partial charge in [-0.2, -0.15) is 0 Å². The van der Waals surface area contributed by atoms with E-state index < -0.39 is 0 Å². The van der Waals surface area contributed by atoms with Gasteiger partial charge < -0.3 is 10.2 Å². The molecule has 1 aromatic rings. The standard InChI is InChI=1S/C14H22ClN3/c1-11(18-8-6-16-7-9-18)12-4-5-13(15)14(10-12)17(2)3/h4-5,10-11,16H,6-9H2,1-3H3. The average molecular weight is 268 g/mol. The summed E-state index contributed by atoms with van der Waals surface area (Å²) in [5.41, 5.74) is 2.43. The molecular formula is C14H22ClN3. The minimum atomic E-state index is 0.447. The second-order valence-corrected chi connectivity index (χ2v) is 5.47. The molecule has 0 bridgehead atoms. The lowest BCUT2D eigenvalue weighted by Gasteiger charge is -2.33. The van der Waals surface area contributed by atoms with Gasteiger partial charge in [-0.25, -0.2) is 0 Å². The van der Waals surface area contributed by atoms with Crippen LogP contribution in [0.4, 0.5) is 5.69 Å². The van der Waals surface area contributed by atoms with E-state index in [2.05, 4.69) is 34.2 Å². The highest BCUT2D eigenvalue weighted by Crippen LogP contribution is 2.30. The molecule has 4 heteroatoms. The average Bonchev–Trinajstić information content (AvgIpc) is 2.39. The van der Waals surface area contributed by atoms with Crippen molar-refractivity contribution in [1.29, 1.82) is 0 Å². The van der Waals surface area contributed by atoms with Crippen LogP contribution in [0, 0.1) is 0 Å². The molecule has 1 aliphatic rings. The van der Waals surface area contributed by atoms with Gasteiger partial charge in [0.1, 0.15) is 0 Å². The SMILES string of the molecule is CC(c1ccc(Cl)c(N(C)C)c1)N1CCNCC1. The smallest absolute Gasteiger partial charge is 0.0639 e. The Morgan fingerprint density at radius 2 is 1.94 bits per heavy atom. The molecule has 1 aromatic carbocycles. The number of anilines is 1. The van der Waals surface area contributed by atoms with Crippen LogP contribution in [0.3, 0.4) is 0 Å². The lowest BCUT2D eigenvalue weighted by Crippen LogP contribution is -2.44. The van der Waals surface area contributed by atoms with E-state index in [0.717, 1.165) is 36.9 Å². The highest BCUT2D eigenvalue weighted by Gasteiger charge is 2.18. The first-order valence-electron chi connectivity index (χ1n) is 6.51. The highest BCUT2D eigenvalue weighted by molar-refractivity contribution is 6.33. The summed E-state index contributed by atoms with van der Waals surface area (Å²) < 4.78 is 0. The Bertz CT molecular complexity index is 400. The summed E-state index contributed by atoms with van der Waals surface area (Å²) in [6, 6.07) is 6.80. The molecule has 1 saturated heterocycles. The number of halogens is 1. The Hall–Kier alpha value is -0.770. The van der Waals surface area contributed by atoms with Crippen LogP contribution in [0.1, 0.15) is 18.5 Å². The molecule has 2 rings (SSSR count). The van der Waals surface area contributed by atoms with Gasteiger partial charge in [0, 0.05) is 46.3 Å². The van der Waals surface area contributed by atoms with E-state index in [1.807, 2.05) is 20.2 Å². The third kappa shape index (κ3) is 2.97. The van der Waals surface area contributed by atoms with Crippen LogP contribution in [0.5, 0.6) is 0 Å². The Morgan fingerprint density at radius 1 is 1.28 bits per heavy atom. The minimum Gasteiger partial charge on any atom is -0.376 e. The van der Waals surface area contributed by atoms with Crippen molar-refractivity contribution in [2.75, 3.05) is 45.2 Å². The Kier molecular flexibility index (Phi) is 4.49. The molecule has 1 fully saturated rings. The van der Waals surface area contributed by atoms with Crippen molar-refractivity contribution in [3.05, 3.63) is 28.8 Å². The lowest BCUT2D eigenvalue weighted by atomic mass is 10.1. The van der Waals surface area contributed by atoms with Gasteiger partial charge in [0.2, 0.25) is 0 Å². The maximum Gasteiger partial charge on any atom is 0.0639 e. The monoisotopic (exact) mass is 267 g/mol. The van der Waals surface area contributed by atoms with Crippen LogP contribution in [0.2, 0.25) is 5.02 Å². The summed E-state index contributed by atoms with van der Waals surface area (Å²) in [5, 5.41) is 4.20. The first-order valence-corrected chi connectivity index (χ1v) is 6.89. The van der Waals surface area contributed by atoms with Crippen LogP contribution in [0.25, 0.3) is 0 Å². The topological polar surface area (TPSA) is 18.5 Å². The fourth-order valence-corrected chi connectivity index (χ4v) is 2.70. The zero-order valence-corrected chi connectivity index (χ0v) is 12.2. The third-order valence-corrected chi connectivity index (χ3v) is 3.95. The van der Waals surface area contributed by atoms with Crippen LogP contribution in [-0.2, 0) is 0 Å². The first-order chi connectivity index (χ1) is 8.59. The van der Waals surface area contributed by atoms with Gasteiger partial charge in [0.15, 0.2) is 0 Å². The van der Waals surface area contributed by atoms with Crippen molar-refractivity contribution >= 4 is 17.3 Å². The summed E-state index contributed by atoms with van der Waals surface area (Å²) in [5.74, 6) is 0. The van der Waals surface area contributed by atoms with Crippen LogP contribution in [-0.4, -0.2) is 45.2 Å². The summed E-state index contributed by atoms with van der Waals surface area (Å²) >= 11 is 6.22. The predicted molar refractivity (Wildman–Crippen MR) is 78.6 cm³/mol. The molecule has 1 heterocycles. The zero-order chi connectivity index (χ0) is 13.1. The number of nitrogens with zero attached hydrogens (tertiary/aromatic N) is 2. The van der Waals surface area contributed by atoms with E-state index in [4.69, 9.17) is 11.6 Å². The molecule has 0 aromatic heterocycles. The second-order valence-electron chi connectivity index (χ2n) is 5.07. The zero-order valence-electron chi connectivity index (χ0n) is 11.4. The molecule has 1 aliphatic heterocycles. The molecule has 0 radical (unpaired) electrons. The normalized spacial score (nSPS) is 18.7. The van der Waals surface area contributed by atoms with E-state index in [1.165, 1.54) is 5.56 Å². The molecule has 0 aliphatic carbocycles. The van der Waals surface area contributed by atoms with E-state index >= 15 is 0 Å². The minimum absolute atomic E-state index is 0.447. The summed E-state index contributed by atoms with van der Waals surface area (Å²) in [4.78, 5) is 4.58. The van der Waals surface area contributed by atoms with Crippen molar-refractivity contribution in [1.82, 2.24) is 10.2 Å². The molecule has 3 nitrogen and oxygen atoms in total. The Morgan fingerprint density at radius 3 is 2.56 bits per heavy atom. The van der Waals surface area contributed by atoms with E-state index in [1.54, 1.807) is 0 Å². The number of piperazine rings is 1. The number of rotatable bonds is 3. The lowest BCUT2D eigenvalue weighted by molar-refractivity contribution is 0.185. The van der Waals surface area contributed by atoms with Crippen molar-refractivity contribution in [2.45, 2.75) is 13.0 Å². The van der Waals surface area contributed by atoms with Crippen molar-refractivity contribution in [3.63, 3.8) is 0 Å². The van der Waals surface area contributed by atoms with Crippen LogP contribution in [0.15, 0.2) is 18.2 Å². The fraction of sp³-hybridized carbons (Fsp3) is 0.571. The molecule has 0 spiro atoms. The van der Waals surface area contributed by atoms with Gasteiger partial charge >= 0.3 is 0 Å². The van der Waals surface area contributed by atoms with Gasteiger partial charge in [-0.05, 0) is 24.6 Å². The van der Waals surface area contributed by atoms with Gasteiger partial charge in [-0.1, -0.05) is 17.7 Å². The van der Waals surface area contributed by atoms with Crippen molar-refractivity contribution < 1.29 is 0 Å². The fourth-order valence-electron chi connectivity index (χ4n) is 2.41. The van der Waals surface area contributed by atoms with Crippen molar-refractivity contribution in [3.8, 4) is 0 Å². The number of benzene rings is 1. The first kappa shape index (κ1) is 13.7. The van der Waals surface area contributed by atoms with Crippen molar-refractivity contribution in [2.24, 2.45) is 0 Å². The van der Waals surface area contributed by atoms with Crippen LogP contribution >= 0.6 is 11.6 Å². The molecule has 18 heavy (non-hydrogen) atoms. The third-order valence-electron chi connectivity index (χ3n) is 3.63. The summed E-state index contributed by atoms with van der Waals surface area (Å²) in [6.07, 6.45) is 0.